The third-order valence-electron chi connectivity index (χ3n) is 3.21. The molecule has 0 bridgehead atoms. The van der Waals surface area contributed by atoms with Crippen LogP contribution in [0.4, 0.5) is 0 Å². The smallest absolute Gasteiger partial charge is 0.267 e. The molecule has 0 fully saturated rings. The molecule has 0 unspecified atom stereocenters. The van der Waals surface area contributed by atoms with Crippen molar-refractivity contribution < 1.29 is 4.79 Å². The Balaban J connectivity index is 2.34. The van der Waals surface area contributed by atoms with Crippen molar-refractivity contribution in [2.45, 2.75) is 52.9 Å². The van der Waals surface area contributed by atoms with Crippen LogP contribution in [0.2, 0.25) is 0 Å². The van der Waals surface area contributed by atoms with Crippen LogP contribution in [-0.4, -0.2) is 12.1 Å². The first kappa shape index (κ1) is 15.4. The Bertz CT molecular complexity index is 438. The molecule has 3 heteroatoms. The predicted octanol–water partition coefficient (Wildman–Crippen LogP) is 3.99. The highest BCUT2D eigenvalue weighted by Gasteiger charge is 2.04. The molecule has 0 aliphatic rings. The summed E-state index contributed by atoms with van der Waals surface area (Å²) in [6.45, 7) is 6.23. The highest BCUT2D eigenvalue weighted by Crippen LogP contribution is 2.09. The van der Waals surface area contributed by atoms with E-state index in [1.54, 1.807) is 6.21 Å². The Morgan fingerprint density at radius 3 is 2.68 bits per heavy atom. The zero-order valence-corrected chi connectivity index (χ0v) is 12.2. The lowest BCUT2D eigenvalue weighted by Gasteiger charge is -2.03. The first-order chi connectivity index (χ1) is 9.15. The predicted molar refractivity (Wildman–Crippen MR) is 80.6 cm³/mol. The number of unbranched alkanes of at least 4 members (excludes halogenated alkanes) is 4. The van der Waals surface area contributed by atoms with E-state index in [2.05, 4.69) is 17.5 Å². The number of nitrogens with one attached hydrogen (secondary N) is 1. The summed E-state index contributed by atoms with van der Waals surface area (Å²) >= 11 is 0. The molecule has 104 valence electrons. The molecule has 0 aliphatic carbocycles. The van der Waals surface area contributed by atoms with Crippen molar-refractivity contribution in [3.05, 3.63) is 34.9 Å². The number of aryl methyl sites for hydroxylation is 2. The minimum absolute atomic E-state index is 0.145. The molecular weight excluding hydrogens is 236 g/mol. The Morgan fingerprint density at radius 2 is 2.00 bits per heavy atom. The number of rotatable bonds is 7. The summed E-state index contributed by atoms with van der Waals surface area (Å²) in [5.41, 5.74) is 5.54. The highest BCUT2D eigenvalue weighted by molar-refractivity contribution is 5.94. The maximum atomic E-state index is 11.8. The summed E-state index contributed by atoms with van der Waals surface area (Å²) in [6, 6.07) is 5.68. The Labute approximate surface area is 116 Å². The third-order valence-corrected chi connectivity index (χ3v) is 3.21. The summed E-state index contributed by atoms with van der Waals surface area (Å²) in [4.78, 5) is 11.8. The average Bonchev–Trinajstić information content (AvgIpc) is 2.40. The molecule has 3 nitrogen and oxygen atoms in total. The van der Waals surface area contributed by atoms with Gasteiger partial charge in [-0.3, -0.25) is 4.79 Å². The minimum Gasteiger partial charge on any atom is -0.267 e. The maximum Gasteiger partial charge on any atom is 0.271 e. The zero-order chi connectivity index (χ0) is 14.1. The number of amides is 1. The summed E-state index contributed by atoms with van der Waals surface area (Å²) in [7, 11) is 0. The van der Waals surface area contributed by atoms with E-state index in [0.717, 1.165) is 18.4 Å². The first-order valence-corrected chi connectivity index (χ1v) is 7.04. The van der Waals surface area contributed by atoms with Crippen LogP contribution in [0.5, 0.6) is 0 Å². The number of nitrogens with zero attached hydrogens (tertiary/aromatic N) is 1. The summed E-state index contributed by atoms with van der Waals surface area (Å²) in [5.74, 6) is -0.145. The summed E-state index contributed by atoms with van der Waals surface area (Å²) < 4.78 is 0. The molecule has 1 aromatic rings. The maximum absolute atomic E-state index is 11.8. The molecule has 0 aromatic heterocycles. The summed E-state index contributed by atoms with van der Waals surface area (Å²) in [6.07, 6.45) is 7.58. The average molecular weight is 260 g/mol. The second-order valence-electron chi connectivity index (χ2n) is 4.90. The van der Waals surface area contributed by atoms with E-state index in [1.807, 2.05) is 32.0 Å². The molecule has 1 aromatic carbocycles. The zero-order valence-electron chi connectivity index (χ0n) is 12.2. The standard InChI is InChI=1S/C16H24N2O/c1-4-5-6-7-8-11-17-18-16(19)15-10-9-13(2)14(3)12-15/h9-12H,4-8H2,1-3H3,(H,18,19). The number of hydrazone groups is 1. The van der Waals surface area contributed by atoms with E-state index in [9.17, 15) is 4.79 Å². The fourth-order valence-corrected chi connectivity index (χ4v) is 1.78. The van der Waals surface area contributed by atoms with Crippen molar-refractivity contribution in [1.29, 1.82) is 0 Å². The Kier molecular flexibility index (Phi) is 6.86. The SMILES string of the molecule is CCCCCCC=NNC(=O)c1ccc(C)c(C)c1. The van der Waals surface area contributed by atoms with Gasteiger partial charge in [0.1, 0.15) is 0 Å². The lowest BCUT2D eigenvalue weighted by molar-refractivity contribution is 0.0955. The fraction of sp³-hybridized carbons (Fsp3) is 0.500. The van der Waals surface area contributed by atoms with Crippen LogP contribution in [0.15, 0.2) is 23.3 Å². The van der Waals surface area contributed by atoms with Gasteiger partial charge in [0.25, 0.3) is 5.91 Å². The van der Waals surface area contributed by atoms with Gasteiger partial charge in [0.15, 0.2) is 0 Å². The molecule has 0 atom stereocenters. The van der Waals surface area contributed by atoms with Gasteiger partial charge in [0.2, 0.25) is 0 Å². The number of hydrogen-bond acceptors (Lipinski definition) is 2. The third kappa shape index (κ3) is 5.69. The molecule has 0 saturated carbocycles. The number of carbonyl (C=O) groups is 1. The van der Waals surface area contributed by atoms with Gasteiger partial charge in [0, 0.05) is 11.8 Å². The van der Waals surface area contributed by atoms with Crippen LogP contribution in [0, 0.1) is 13.8 Å². The van der Waals surface area contributed by atoms with Crippen LogP contribution >= 0.6 is 0 Å². The Morgan fingerprint density at radius 1 is 1.21 bits per heavy atom. The fourth-order valence-electron chi connectivity index (χ4n) is 1.78. The molecule has 0 spiro atoms. The molecular formula is C16H24N2O. The van der Waals surface area contributed by atoms with Crippen molar-refractivity contribution in [3.63, 3.8) is 0 Å². The molecule has 1 rings (SSSR count). The van der Waals surface area contributed by atoms with Crippen molar-refractivity contribution in [3.8, 4) is 0 Å². The van der Waals surface area contributed by atoms with Gasteiger partial charge in [-0.25, -0.2) is 5.43 Å². The largest absolute Gasteiger partial charge is 0.271 e. The molecule has 0 radical (unpaired) electrons. The van der Waals surface area contributed by atoms with Crippen molar-refractivity contribution >= 4 is 12.1 Å². The first-order valence-electron chi connectivity index (χ1n) is 7.04. The van der Waals surface area contributed by atoms with Gasteiger partial charge >= 0.3 is 0 Å². The van der Waals surface area contributed by atoms with Gasteiger partial charge in [-0.1, -0.05) is 32.3 Å². The molecule has 0 saturated heterocycles. The van der Waals surface area contributed by atoms with Crippen LogP contribution in [0.1, 0.15) is 60.5 Å². The molecule has 19 heavy (non-hydrogen) atoms. The van der Waals surface area contributed by atoms with Gasteiger partial charge in [0.05, 0.1) is 0 Å². The number of hydrogen-bond donors (Lipinski definition) is 1. The Hall–Kier alpha value is -1.64. The van der Waals surface area contributed by atoms with Gasteiger partial charge < -0.3 is 0 Å². The normalized spacial score (nSPS) is 10.9. The number of carbonyl (C=O) groups excluding carboxylic acids is 1. The lowest BCUT2D eigenvalue weighted by atomic mass is 10.1. The van der Waals surface area contributed by atoms with E-state index in [-0.39, 0.29) is 5.91 Å². The topological polar surface area (TPSA) is 41.5 Å². The minimum atomic E-state index is -0.145. The second-order valence-corrected chi connectivity index (χ2v) is 4.90. The lowest BCUT2D eigenvalue weighted by Crippen LogP contribution is -2.17. The molecule has 0 heterocycles. The van der Waals surface area contributed by atoms with Crippen LogP contribution in [0.3, 0.4) is 0 Å². The van der Waals surface area contributed by atoms with Gasteiger partial charge in [-0.2, -0.15) is 5.10 Å². The second kappa shape index (κ2) is 8.46. The molecule has 0 aliphatic heterocycles. The van der Waals surface area contributed by atoms with Crippen molar-refractivity contribution in [2.75, 3.05) is 0 Å². The quantitative estimate of drug-likeness (QED) is 0.449. The van der Waals surface area contributed by atoms with Crippen molar-refractivity contribution in [1.82, 2.24) is 5.43 Å². The van der Waals surface area contributed by atoms with E-state index in [4.69, 9.17) is 0 Å². The van der Waals surface area contributed by atoms with E-state index >= 15 is 0 Å². The molecule has 1 N–H and O–H groups in total. The van der Waals surface area contributed by atoms with Crippen molar-refractivity contribution in [2.24, 2.45) is 5.10 Å². The monoisotopic (exact) mass is 260 g/mol. The number of benzene rings is 1. The van der Waals surface area contributed by atoms with Crippen LogP contribution < -0.4 is 5.43 Å². The van der Waals surface area contributed by atoms with Gasteiger partial charge in [-0.05, 0) is 49.9 Å². The van der Waals surface area contributed by atoms with Gasteiger partial charge in [-0.15, -0.1) is 0 Å². The van der Waals surface area contributed by atoms with E-state index < -0.39 is 0 Å². The van der Waals surface area contributed by atoms with Crippen LogP contribution in [0.25, 0.3) is 0 Å². The van der Waals surface area contributed by atoms with E-state index in [0.29, 0.717) is 5.56 Å². The summed E-state index contributed by atoms with van der Waals surface area (Å²) in [5, 5.41) is 3.97. The molecule has 1 amide bonds. The van der Waals surface area contributed by atoms with Crippen LogP contribution in [-0.2, 0) is 0 Å². The highest BCUT2D eigenvalue weighted by atomic mass is 16.2. The van der Waals surface area contributed by atoms with E-state index in [1.165, 1.54) is 24.8 Å².